The fourth-order valence-corrected chi connectivity index (χ4v) is 7.05. The van der Waals surface area contributed by atoms with Crippen molar-refractivity contribution in [3.05, 3.63) is 71.8 Å². The highest BCUT2D eigenvalue weighted by Crippen LogP contribution is 2.48. The Hall–Kier alpha value is -3.54. The maximum Gasteiger partial charge on any atom is 0.226 e. The molecule has 2 aliphatic carbocycles. The Labute approximate surface area is 255 Å². The van der Waals surface area contributed by atoms with Crippen LogP contribution in [0.15, 0.2) is 65.8 Å². The molecule has 0 bridgehead atoms. The zero-order chi connectivity index (χ0) is 29.6. The Morgan fingerprint density at radius 1 is 1.02 bits per heavy atom. The summed E-state index contributed by atoms with van der Waals surface area (Å²) in [4.78, 5) is 23.3. The largest absolute Gasteiger partial charge is 0.365 e. The molecule has 2 aromatic carbocycles. The van der Waals surface area contributed by atoms with Crippen LogP contribution in [0.3, 0.4) is 0 Å². The average Bonchev–Trinajstić information content (AvgIpc) is 3.34. The molecule has 6 unspecified atom stereocenters. The van der Waals surface area contributed by atoms with Gasteiger partial charge in [-0.15, -0.1) is 5.10 Å². The van der Waals surface area contributed by atoms with Crippen molar-refractivity contribution in [1.29, 1.82) is 0 Å². The summed E-state index contributed by atoms with van der Waals surface area (Å²) in [5, 5.41) is 16.6. The topological polar surface area (TPSA) is 116 Å². The van der Waals surface area contributed by atoms with Gasteiger partial charge in [-0.25, -0.2) is 14.6 Å². The average molecular weight is 600 g/mol. The highest BCUT2D eigenvalue weighted by Gasteiger charge is 2.57. The predicted octanol–water partition coefficient (Wildman–Crippen LogP) is 5.09. The van der Waals surface area contributed by atoms with Crippen LogP contribution in [0.25, 0.3) is 11.2 Å². The van der Waals surface area contributed by atoms with Crippen LogP contribution in [0, 0.1) is 5.92 Å². The minimum absolute atomic E-state index is 0.0519. The van der Waals surface area contributed by atoms with Gasteiger partial charge in [-0.3, -0.25) is 4.79 Å². The lowest BCUT2D eigenvalue weighted by Gasteiger charge is -2.23. The van der Waals surface area contributed by atoms with E-state index in [4.69, 9.17) is 19.4 Å². The molecule has 2 saturated carbocycles. The van der Waals surface area contributed by atoms with Crippen molar-refractivity contribution in [2.75, 3.05) is 11.1 Å². The number of carbonyl (C=O) groups is 1. The lowest BCUT2D eigenvalue weighted by Crippen LogP contribution is -2.37. The molecule has 1 aliphatic heterocycles. The first-order valence-electron chi connectivity index (χ1n) is 15.1. The van der Waals surface area contributed by atoms with Crippen LogP contribution in [0.4, 0.5) is 5.82 Å². The van der Waals surface area contributed by atoms with Crippen LogP contribution in [-0.4, -0.2) is 60.7 Å². The van der Waals surface area contributed by atoms with Crippen molar-refractivity contribution in [2.24, 2.45) is 5.92 Å². The summed E-state index contributed by atoms with van der Waals surface area (Å²) in [6.45, 7) is 6.39. The smallest absolute Gasteiger partial charge is 0.226 e. The van der Waals surface area contributed by atoms with E-state index >= 15 is 0 Å². The van der Waals surface area contributed by atoms with E-state index < -0.39 is 17.8 Å². The SMILES string of the molecule is CCCSc1nc(NC2CC2c2ccccc2)c2nnn(C3CC(C(=O)NCc4ccccc4)C4OC(C)(C)OC43)c2n1. The minimum atomic E-state index is -0.815. The molecule has 2 aromatic heterocycles. The van der Waals surface area contributed by atoms with Crippen LogP contribution < -0.4 is 10.6 Å². The van der Waals surface area contributed by atoms with Gasteiger partial charge in [0, 0.05) is 24.3 Å². The number of anilines is 1. The quantitative estimate of drug-likeness (QED) is 0.190. The Balaban J connectivity index is 1.17. The van der Waals surface area contributed by atoms with Crippen molar-refractivity contribution in [1.82, 2.24) is 30.3 Å². The highest BCUT2D eigenvalue weighted by molar-refractivity contribution is 7.99. The van der Waals surface area contributed by atoms with E-state index in [9.17, 15) is 4.79 Å². The number of hydrogen-bond donors (Lipinski definition) is 2. The normalized spacial score (nSPS) is 27.2. The summed E-state index contributed by atoms with van der Waals surface area (Å²) in [6.07, 6.45) is 1.79. The molecule has 3 heterocycles. The van der Waals surface area contributed by atoms with Crippen molar-refractivity contribution < 1.29 is 14.3 Å². The van der Waals surface area contributed by atoms with Crippen LogP contribution >= 0.6 is 11.8 Å². The van der Waals surface area contributed by atoms with Gasteiger partial charge in [0.05, 0.1) is 12.0 Å². The van der Waals surface area contributed by atoms with Gasteiger partial charge in [-0.2, -0.15) is 0 Å². The molecule has 6 atom stereocenters. The van der Waals surface area contributed by atoms with Gasteiger partial charge in [-0.05, 0) is 44.2 Å². The van der Waals surface area contributed by atoms with E-state index in [0.29, 0.717) is 41.0 Å². The van der Waals surface area contributed by atoms with Crippen molar-refractivity contribution in [2.45, 2.75) is 87.7 Å². The number of carbonyl (C=O) groups excluding carboxylic acids is 1. The van der Waals surface area contributed by atoms with E-state index in [1.165, 1.54) is 5.56 Å². The lowest BCUT2D eigenvalue weighted by atomic mass is 10.0. The van der Waals surface area contributed by atoms with Gasteiger partial charge in [0.25, 0.3) is 0 Å². The molecular formula is C32H37N7O3S. The third-order valence-corrected chi connectivity index (χ3v) is 9.53. The Bertz CT molecular complexity index is 1600. The summed E-state index contributed by atoms with van der Waals surface area (Å²) in [7, 11) is 0. The number of thioether (sulfide) groups is 1. The summed E-state index contributed by atoms with van der Waals surface area (Å²) >= 11 is 1.63. The third-order valence-electron chi connectivity index (χ3n) is 8.47. The molecule has 2 N–H and O–H groups in total. The zero-order valence-electron chi connectivity index (χ0n) is 24.6. The van der Waals surface area contributed by atoms with Crippen LogP contribution in [0.1, 0.15) is 63.1 Å². The Morgan fingerprint density at radius 2 is 1.77 bits per heavy atom. The number of rotatable bonds is 10. The predicted molar refractivity (Wildman–Crippen MR) is 165 cm³/mol. The standard InChI is InChI=1S/C32H37N7O3S/c1-4-15-43-31-35-28(34-23-16-21(23)20-13-9-6-10-14-20)25-29(36-31)39(38-37-25)24-17-22(26-27(24)42-32(2,3)41-26)30(40)33-18-19-11-7-5-8-12-19/h5-14,21-24,26-27H,4,15-18H2,1-3H3,(H,33,40)(H,34,35,36). The van der Waals surface area contributed by atoms with Gasteiger partial charge >= 0.3 is 0 Å². The van der Waals surface area contributed by atoms with E-state index in [1.54, 1.807) is 11.8 Å². The van der Waals surface area contributed by atoms with E-state index in [1.807, 2.05) is 54.9 Å². The molecule has 10 nitrogen and oxygen atoms in total. The molecule has 3 fully saturated rings. The van der Waals surface area contributed by atoms with Crippen molar-refractivity contribution in [3.8, 4) is 0 Å². The number of nitrogens with zero attached hydrogens (tertiary/aromatic N) is 5. The number of benzene rings is 2. The maximum atomic E-state index is 13.5. The summed E-state index contributed by atoms with van der Waals surface area (Å²) < 4.78 is 14.6. The molecule has 4 aromatic rings. The first-order chi connectivity index (χ1) is 20.9. The fraction of sp³-hybridized carbons (Fsp3) is 0.469. The number of hydrogen-bond acceptors (Lipinski definition) is 9. The second kappa shape index (κ2) is 11.5. The molecular weight excluding hydrogens is 562 g/mol. The Morgan fingerprint density at radius 3 is 2.53 bits per heavy atom. The van der Waals surface area contributed by atoms with Gasteiger partial charge < -0.3 is 20.1 Å². The number of nitrogens with one attached hydrogen (secondary N) is 2. The third kappa shape index (κ3) is 5.73. The van der Waals surface area contributed by atoms with Crippen LogP contribution in [-0.2, 0) is 20.8 Å². The molecule has 0 spiro atoms. The van der Waals surface area contributed by atoms with Crippen molar-refractivity contribution >= 4 is 34.7 Å². The molecule has 43 heavy (non-hydrogen) atoms. The molecule has 0 radical (unpaired) electrons. The zero-order valence-corrected chi connectivity index (χ0v) is 25.5. The number of amides is 1. The van der Waals surface area contributed by atoms with Crippen molar-refractivity contribution in [3.63, 3.8) is 0 Å². The number of fused-ring (bicyclic) bond motifs is 2. The van der Waals surface area contributed by atoms with Gasteiger partial charge in [0.2, 0.25) is 5.91 Å². The molecule has 3 aliphatic rings. The number of aromatic nitrogens is 5. The molecule has 1 amide bonds. The summed E-state index contributed by atoms with van der Waals surface area (Å²) in [5.41, 5.74) is 3.65. The number of ether oxygens (including phenoxy) is 2. The fourth-order valence-electron chi connectivity index (χ4n) is 6.36. The maximum absolute atomic E-state index is 13.5. The van der Waals surface area contributed by atoms with Gasteiger partial charge in [-0.1, -0.05) is 84.6 Å². The van der Waals surface area contributed by atoms with Crippen LogP contribution in [0.2, 0.25) is 0 Å². The second-order valence-electron chi connectivity index (χ2n) is 12.1. The molecule has 7 rings (SSSR count). The van der Waals surface area contributed by atoms with E-state index in [-0.39, 0.29) is 24.1 Å². The van der Waals surface area contributed by atoms with Gasteiger partial charge in [0.1, 0.15) is 12.2 Å². The first kappa shape index (κ1) is 28.2. The second-order valence-corrected chi connectivity index (χ2v) is 13.2. The van der Waals surface area contributed by atoms with Gasteiger partial charge in [0.15, 0.2) is 27.9 Å². The van der Waals surface area contributed by atoms with E-state index in [2.05, 4.69) is 52.1 Å². The monoisotopic (exact) mass is 599 g/mol. The molecule has 11 heteroatoms. The summed E-state index contributed by atoms with van der Waals surface area (Å²) in [5.74, 6) is 0.782. The van der Waals surface area contributed by atoms with Crippen LogP contribution in [0.5, 0.6) is 0 Å². The first-order valence-corrected chi connectivity index (χ1v) is 16.1. The Kier molecular flexibility index (Phi) is 7.56. The summed E-state index contributed by atoms with van der Waals surface area (Å²) in [6, 6.07) is 20.5. The molecule has 1 saturated heterocycles. The van der Waals surface area contributed by atoms with E-state index in [0.717, 1.165) is 24.2 Å². The lowest BCUT2D eigenvalue weighted by molar-refractivity contribution is -0.163. The minimum Gasteiger partial charge on any atom is -0.365 e. The highest BCUT2D eigenvalue weighted by atomic mass is 32.2. The molecule has 224 valence electrons.